The minimum Gasteiger partial charge on any atom is -0.344 e. The van der Waals surface area contributed by atoms with E-state index in [4.69, 9.17) is 0 Å². The molecule has 3 heteroatoms. The Balaban J connectivity index is 0.000000480. The molecule has 0 heterocycles. The number of rotatable bonds is 0. The first-order valence-electron chi connectivity index (χ1n) is 4.03. The first-order chi connectivity index (χ1) is 4.95. The normalized spacial score (nSPS) is 25.5. The summed E-state index contributed by atoms with van der Waals surface area (Å²) >= 11 is 0. The van der Waals surface area contributed by atoms with Gasteiger partial charge in [0, 0.05) is 0 Å². The number of benzene rings is 1. The maximum absolute atomic E-state index is 2.30. The van der Waals surface area contributed by atoms with Crippen LogP contribution in [0.4, 0.5) is 0 Å². The smallest absolute Gasteiger partial charge is 0.0125 e. The lowest BCUT2D eigenvalue weighted by atomic mass is 10.1. The van der Waals surface area contributed by atoms with Crippen LogP contribution in [0.3, 0.4) is 0 Å². The van der Waals surface area contributed by atoms with Crippen molar-refractivity contribution in [2.45, 2.75) is 18.8 Å². The van der Waals surface area contributed by atoms with Crippen LogP contribution >= 0.6 is 34.0 Å². The molecule has 3 rings (SSSR count). The van der Waals surface area contributed by atoms with Gasteiger partial charge in [0.1, 0.15) is 0 Å². The molecule has 1 aromatic rings. The lowest BCUT2D eigenvalue weighted by Gasteiger charge is -1.98. The fourth-order valence-electron chi connectivity index (χ4n) is 2.22. The third-order valence-electron chi connectivity index (χ3n) is 2.86. The van der Waals surface area contributed by atoms with E-state index in [1.54, 1.807) is 11.1 Å². The highest BCUT2D eigenvalue weighted by Crippen LogP contribution is 2.55. The highest BCUT2D eigenvalue weighted by molar-refractivity contribution is 8.93. The first-order valence-corrected chi connectivity index (χ1v) is 4.03. The zero-order valence-corrected chi connectivity index (χ0v) is 10.8. The Bertz CT molecular complexity index is 288. The molecule has 0 amide bonds. The van der Waals surface area contributed by atoms with Gasteiger partial charge in [0.15, 0.2) is 0 Å². The zero-order valence-electron chi connectivity index (χ0n) is 7.40. The molecule has 2 aliphatic rings. The van der Waals surface area contributed by atoms with Gasteiger partial charge in [-0.25, -0.2) is 0 Å². The molecule has 0 spiro atoms. The lowest BCUT2D eigenvalue weighted by molar-refractivity contribution is 0.857. The standard InChI is InChI=1S/C10H10.2BrH.H3N/c1-2-4-9-7(3-1)5-8-6-10(8)9;;;/h1-4,8,10H,5-6H2;2*1H;1H3. The van der Waals surface area contributed by atoms with Crippen LogP contribution in [-0.2, 0) is 6.42 Å². The van der Waals surface area contributed by atoms with Gasteiger partial charge in [-0.05, 0) is 35.8 Å². The van der Waals surface area contributed by atoms with Gasteiger partial charge in [-0.2, -0.15) is 0 Å². The molecule has 0 aliphatic heterocycles. The third kappa shape index (κ3) is 1.97. The van der Waals surface area contributed by atoms with Crippen LogP contribution in [0.1, 0.15) is 23.5 Å². The van der Waals surface area contributed by atoms with E-state index < -0.39 is 0 Å². The third-order valence-corrected chi connectivity index (χ3v) is 2.86. The van der Waals surface area contributed by atoms with Crippen LogP contribution in [-0.4, -0.2) is 0 Å². The van der Waals surface area contributed by atoms with Crippen molar-refractivity contribution >= 4 is 34.0 Å². The molecule has 2 unspecified atom stereocenters. The van der Waals surface area contributed by atoms with E-state index in [2.05, 4.69) is 24.3 Å². The first kappa shape index (κ1) is 13.1. The van der Waals surface area contributed by atoms with Gasteiger partial charge in [0.25, 0.3) is 0 Å². The van der Waals surface area contributed by atoms with E-state index in [-0.39, 0.29) is 40.1 Å². The summed E-state index contributed by atoms with van der Waals surface area (Å²) in [6.45, 7) is 0. The Morgan fingerprint density at radius 2 is 1.77 bits per heavy atom. The second-order valence-corrected chi connectivity index (χ2v) is 3.51. The van der Waals surface area contributed by atoms with E-state index >= 15 is 0 Å². The van der Waals surface area contributed by atoms with Crippen LogP contribution in [0.25, 0.3) is 0 Å². The Labute approximate surface area is 100 Å². The summed E-state index contributed by atoms with van der Waals surface area (Å²) in [4.78, 5) is 0. The molecule has 2 atom stereocenters. The molecular weight excluding hydrogens is 294 g/mol. The van der Waals surface area contributed by atoms with Crippen molar-refractivity contribution in [3.05, 3.63) is 35.4 Å². The van der Waals surface area contributed by atoms with E-state index in [1.807, 2.05) is 0 Å². The topological polar surface area (TPSA) is 35.0 Å². The molecule has 0 bridgehead atoms. The molecule has 1 fully saturated rings. The highest BCUT2D eigenvalue weighted by atomic mass is 79.9. The van der Waals surface area contributed by atoms with E-state index in [0.29, 0.717) is 0 Å². The van der Waals surface area contributed by atoms with Gasteiger partial charge in [0.2, 0.25) is 0 Å². The SMILES string of the molecule is Br.Br.N.c1ccc2c(c1)CC1CC21. The zero-order chi connectivity index (χ0) is 6.55. The summed E-state index contributed by atoms with van der Waals surface area (Å²) < 4.78 is 0. The largest absolute Gasteiger partial charge is 0.344 e. The van der Waals surface area contributed by atoms with Crippen molar-refractivity contribution < 1.29 is 0 Å². The molecule has 74 valence electrons. The maximum atomic E-state index is 2.30. The van der Waals surface area contributed by atoms with Crippen molar-refractivity contribution in [3.8, 4) is 0 Å². The minimum atomic E-state index is 0. The summed E-state index contributed by atoms with van der Waals surface area (Å²) in [5.41, 5.74) is 3.26. The van der Waals surface area contributed by atoms with Crippen molar-refractivity contribution in [1.82, 2.24) is 6.15 Å². The average Bonchev–Trinajstić information content (AvgIpc) is 2.64. The van der Waals surface area contributed by atoms with Gasteiger partial charge in [-0.1, -0.05) is 24.3 Å². The van der Waals surface area contributed by atoms with Gasteiger partial charge < -0.3 is 6.15 Å². The van der Waals surface area contributed by atoms with Crippen molar-refractivity contribution in [3.63, 3.8) is 0 Å². The Morgan fingerprint density at radius 1 is 1.08 bits per heavy atom. The van der Waals surface area contributed by atoms with Crippen molar-refractivity contribution in [1.29, 1.82) is 0 Å². The fraction of sp³-hybridized carbons (Fsp3) is 0.400. The van der Waals surface area contributed by atoms with E-state index in [9.17, 15) is 0 Å². The number of hydrogen-bond donors (Lipinski definition) is 1. The summed E-state index contributed by atoms with van der Waals surface area (Å²) in [7, 11) is 0. The second kappa shape index (κ2) is 4.58. The molecule has 0 radical (unpaired) electrons. The molecule has 3 N–H and O–H groups in total. The Morgan fingerprint density at radius 3 is 2.46 bits per heavy atom. The molecule has 2 aliphatic carbocycles. The van der Waals surface area contributed by atoms with E-state index in [0.717, 1.165) is 11.8 Å². The predicted octanol–water partition coefficient (Wildman–Crippen LogP) is 3.66. The van der Waals surface area contributed by atoms with Gasteiger partial charge in [-0.15, -0.1) is 34.0 Å². The molecule has 1 saturated carbocycles. The predicted molar refractivity (Wildman–Crippen MR) is 66.7 cm³/mol. The summed E-state index contributed by atoms with van der Waals surface area (Å²) in [5, 5.41) is 0. The molecular formula is C10H15Br2N. The van der Waals surface area contributed by atoms with Gasteiger partial charge >= 0.3 is 0 Å². The number of fused-ring (bicyclic) bond motifs is 3. The molecule has 1 nitrogen and oxygen atoms in total. The van der Waals surface area contributed by atoms with Gasteiger partial charge in [-0.3, -0.25) is 0 Å². The molecule has 1 aromatic carbocycles. The van der Waals surface area contributed by atoms with Crippen molar-refractivity contribution in [2.24, 2.45) is 5.92 Å². The van der Waals surface area contributed by atoms with Crippen LogP contribution in [0.5, 0.6) is 0 Å². The van der Waals surface area contributed by atoms with Crippen LogP contribution in [0, 0.1) is 5.92 Å². The monoisotopic (exact) mass is 307 g/mol. The Kier molecular flexibility index (Phi) is 4.63. The van der Waals surface area contributed by atoms with E-state index in [1.165, 1.54) is 12.8 Å². The van der Waals surface area contributed by atoms with Crippen LogP contribution in [0.15, 0.2) is 24.3 Å². The Hall–Kier alpha value is 0.140. The van der Waals surface area contributed by atoms with Gasteiger partial charge in [0.05, 0.1) is 0 Å². The second-order valence-electron chi connectivity index (χ2n) is 3.51. The maximum Gasteiger partial charge on any atom is -0.0125 e. The summed E-state index contributed by atoms with van der Waals surface area (Å²) in [6.07, 6.45) is 2.83. The number of halogens is 2. The molecule has 0 saturated heterocycles. The fourth-order valence-corrected chi connectivity index (χ4v) is 2.22. The van der Waals surface area contributed by atoms with Crippen molar-refractivity contribution in [2.75, 3.05) is 0 Å². The highest BCUT2D eigenvalue weighted by Gasteiger charge is 2.44. The molecule has 0 aromatic heterocycles. The van der Waals surface area contributed by atoms with Crippen LogP contribution < -0.4 is 6.15 Å². The lowest BCUT2D eigenvalue weighted by Crippen LogP contribution is -1.83. The van der Waals surface area contributed by atoms with Crippen LogP contribution in [0.2, 0.25) is 0 Å². The minimum absolute atomic E-state index is 0. The number of hydrogen-bond acceptors (Lipinski definition) is 1. The average molecular weight is 309 g/mol. The summed E-state index contributed by atoms with van der Waals surface area (Å²) in [6, 6.07) is 8.90. The molecule has 13 heavy (non-hydrogen) atoms. The quantitative estimate of drug-likeness (QED) is 0.780. The summed E-state index contributed by atoms with van der Waals surface area (Å²) in [5.74, 6) is 2.01.